The predicted octanol–water partition coefficient (Wildman–Crippen LogP) is 3.43. The molecule has 10 nitrogen and oxygen atoms in total. The molecular formula is C28H36ClN7O3. The van der Waals surface area contributed by atoms with E-state index < -0.39 is 6.10 Å². The van der Waals surface area contributed by atoms with Gasteiger partial charge in [-0.3, -0.25) is 0 Å². The molecule has 1 aromatic carbocycles. The van der Waals surface area contributed by atoms with Gasteiger partial charge in [-0.15, -0.1) is 0 Å². The van der Waals surface area contributed by atoms with Crippen molar-refractivity contribution in [3.63, 3.8) is 0 Å². The number of nitriles is 1. The topological polar surface area (TPSA) is 142 Å². The molecule has 2 aliphatic rings. The second kappa shape index (κ2) is 11.9. The number of aliphatic hydroxyl groups is 2. The Labute approximate surface area is 234 Å². The van der Waals surface area contributed by atoms with Crippen LogP contribution in [-0.2, 0) is 0 Å². The summed E-state index contributed by atoms with van der Waals surface area (Å²) in [6.07, 6.45) is -0.131. The normalized spacial score (nSPS) is 17.6. The van der Waals surface area contributed by atoms with Gasteiger partial charge in [0.1, 0.15) is 30.0 Å². The number of aliphatic hydroxyl groups excluding tert-OH is 2. The lowest BCUT2D eigenvalue weighted by Gasteiger charge is -2.61. The number of halogens is 1. The molecule has 208 valence electrons. The van der Waals surface area contributed by atoms with Crippen LogP contribution >= 0.6 is 11.6 Å². The van der Waals surface area contributed by atoms with Gasteiger partial charge in [0.05, 0.1) is 22.4 Å². The average molecular weight is 554 g/mol. The second-order valence-electron chi connectivity index (χ2n) is 10.6. The highest BCUT2D eigenvalue weighted by Gasteiger charge is 2.52. The first-order valence-corrected chi connectivity index (χ1v) is 13.4. The van der Waals surface area contributed by atoms with Crippen LogP contribution in [0.1, 0.15) is 31.5 Å². The summed E-state index contributed by atoms with van der Waals surface area (Å²) in [6.45, 7) is 9.96. The molecule has 0 bridgehead atoms. The summed E-state index contributed by atoms with van der Waals surface area (Å²) in [4.78, 5) is 14.2. The number of nitrogens with one attached hydrogen (secondary N) is 2. The minimum atomic E-state index is -0.667. The molecule has 4 N–H and O–H groups in total. The van der Waals surface area contributed by atoms with Gasteiger partial charge in [0.25, 0.3) is 0 Å². The van der Waals surface area contributed by atoms with Crippen molar-refractivity contribution in [1.82, 2.24) is 20.2 Å². The number of anilines is 1. The lowest BCUT2D eigenvalue weighted by molar-refractivity contribution is -0.0204. The fraction of sp³-hybridized carbons (Fsp3) is 0.500. The molecule has 4 rings (SSSR count). The minimum absolute atomic E-state index is 0.00936. The first-order chi connectivity index (χ1) is 18.6. The van der Waals surface area contributed by atoms with Crippen LogP contribution in [0.2, 0.25) is 5.02 Å². The van der Waals surface area contributed by atoms with E-state index in [4.69, 9.17) is 37.0 Å². The zero-order valence-electron chi connectivity index (χ0n) is 22.9. The van der Waals surface area contributed by atoms with Gasteiger partial charge in [-0.2, -0.15) is 5.26 Å². The molecule has 11 heteroatoms. The highest BCUT2D eigenvalue weighted by atomic mass is 35.5. The van der Waals surface area contributed by atoms with Crippen LogP contribution < -0.4 is 15.0 Å². The number of allylic oxidation sites excluding steroid dienone is 2. The van der Waals surface area contributed by atoms with E-state index in [9.17, 15) is 10.2 Å². The van der Waals surface area contributed by atoms with Gasteiger partial charge in [-0.25, -0.2) is 9.97 Å². The minimum Gasteiger partial charge on any atom is -0.512 e. The van der Waals surface area contributed by atoms with Crippen molar-refractivity contribution >= 4 is 28.7 Å². The van der Waals surface area contributed by atoms with Gasteiger partial charge in [0, 0.05) is 67.9 Å². The maximum absolute atomic E-state index is 10.5. The number of ether oxygens (including phenoxy) is 1. The summed E-state index contributed by atoms with van der Waals surface area (Å²) < 4.78 is 5.79. The third-order valence-corrected chi connectivity index (χ3v) is 7.49. The fourth-order valence-corrected chi connectivity index (χ4v) is 5.63. The Morgan fingerprint density at radius 3 is 2.62 bits per heavy atom. The fourth-order valence-electron chi connectivity index (χ4n) is 5.43. The number of rotatable bonds is 11. The smallest absolute Gasteiger partial charge is 0.163 e. The largest absolute Gasteiger partial charge is 0.512 e. The number of likely N-dealkylation sites (N-methyl/N-ethyl adjacent to an activating group) is 1. The Morgan fingerprint density at radius 2 is 2.00 bits per heavy atom. The summed E-state index contributed by atoms with van der Waals surface area (Å²) in [5.74, 6) is 1.63. The van der Waals surface area contributed by atoms with Gasteiger partial charge in [-0.05, 0) is 46.0 Å². The molecule has 0 saturated carbocycles. The Balaban J connectivity index is 1.68. The predicted molar refractivity (Wildman–Crippen MR) is 153 cm³/mol. The van der Waals surface area contributed by atoms with Crippen LogP contribution in [0.4, 0.5) is 5.82 Å². The molecule has 3 heterocycles. The van der Waals surface area contributed by atoms with Gasteiger partial charge in [0.2, 0.25) is 0 Å². The van der Waals surface area contributed by atoms with Gasteiger partial charge >= 0.3 is 0 Å². The van der Waals surface area contributed by atoms with Crippen molar-refractivity contribution < 1.29 is 14.9 Å². The van der Waals surface area contributed by atoms with Crippen LogP contribution in [0.3, 0.4) is 0 Å². The quantitative estimate of drug-likeness (QED) is 0.243. The maximum Gasteiger partial charge on any atom is 0.163 e. The lowest BCUT2D eigenvalue weighted by Crippen LogP contribution is -2.72. The third-order valence-electron chi connectivity index (χ3n) is 7.16. The molecule has 39 heavy (non-hydrogen) atoms. The Kier molecular flexibility index (Phi) is 8.76. The van der Waals surface area contributed by atoms with Crippen LogP contribution in [0.25, 0.3) is 17.0 Å². The standard InChI is InChI=1S/C28H36ClN7O3/c1-17-25(24(18(2)31)19(3)37)33-26(22-10-21(6-7-23(22)29)39-12-20(38)11-32-4)34-27(17)36-15-28(16-36)13-35(14-28)9-5-8-30/h6-7,10,20,31-32,37-38H,5,9,11-16H2,1-4H3/b24-19+,31-18?/t20-/m1/s1. The highest BCUT2D eigenvalue weighted by Crippen LogP contribution is 2.43. The molecule has 0 amide bonds. The Hall–Kier alpha value is -3.23. The van der Waals surface area contributed by atoms with E-state index in [0.717, 1.165) is 44.1 Å². The number of hydrogen-bond acceptors (Lipinski definition) is 10. The van der Waals surface area contributed by atoms with E-state index in [0.29, 0.717) is 46.4 Å². The molecule has 2 aliphatic heterocycles. The molecule has 1 spiro atoms. The van der Waals surface area contributed by atoms with Gasteiger partial charge in [-0.1, -0.05) is 11.6 Å². The van der Waals surface area contributed by atoms with Crippen molar-refractivity contribution in [3.05, 3.63) is 40.2 Å². The molecule has 1 atom stereocenters. The molecule has 2 aromatic rings. The van der Waals surface area contributed by atoms with E-state index in [1.165, 1.54) is 0 Å². The summed E-state index contributed by atoms with van der Waals surface area (Å²) in [5, 5.41) is 41.0. The monoisotopic (exact) mass is 553 g/mol. The van der Waals surface area contributed by atoms with Crippen molar-refractivity contribution in [2.45, 2.75) is 33.3 Å². The zero-order valence-corrected chi connectivity index (χ0v) is 23.6. The van der Waals surface area contributed by atoms with E-state index in [1.54, 1.807) is 39.1 Å². The molecule has 2 saturated heterocycles. The third kappa shape index (κ3) is 6.17. The maximum atomic E-state index is 10.5. The van der Waals surface area contributed by atoms with Crippen LogP contribution in [-0.4, -0.2) is 89.8 Å². The molecular weight excluding hydrogens is 518 g/mol. The van der Waals surface area contributed by atoms with Crippen LogP contribution in [0, 0.1) is 29.1 Å². The number of benzene rings is 1. The SMILES string of the molecule is CNC[C@@H](O)COc1ccc(Cl)c(-c2nc(/C(C(C)=N)=C(\C)O)c(C)c(N3CC4(CN(CCC#N)C4)C3)n2)c1. The number of likely N-dealkylation sites (tertiary alicyclic amines) is 1. The van der Waals surface area contributed by atoms with E-state index in [-0.39, 0.29) is 23.5 Å². The number of nitrogens with zero attached hydrogens (tertiary/aromatic N) is 5. The first kappa shape index (κ1) is 28.8. The summed E-state index contributed by atoms with van der Waals surface area (Å²) >= 11 is 6.61. The lowest BCUT2D eigenvalue weighted by atomic mass is 9.72. The summed E-state index contributed by atoms with van der Waals surface area (Å²) in [6, 6.07) is 7.39. The van der Waals surface area contributed by atoms with Crippen molar-refractivity contribution in [1.29, 1.82) is 10.7 Å². The van der Waals surface area contributed by atoms with Crippen molar-refractivity contribution in [3.8, 4) is 23.2 Å². The Morgan fingerprint density at radius 1 is 1.28 bits per heavy atom. The molecule has 2 fully saturated rings. The van der Waals surface area contributed by atoms with Gasteiger partial charge < -0.3 is 35.5 Å². The molecule has 0 radical (unpaired) electrons. The van der Waals surface area contributed by atoms with Crippen LogP contribution in [0.15, 0.2) is 24.0 Å². The van der Waals surface area contributed by atoms with Gasteiger partial charge in [0.15, 0.2) is 5.82 Å². The second-order valence-corrected chi connectivity index (χ2v) is 11.0. The van der Waals surface area contributed by atoms with Crippen LogP contribution in [0.5, 0.6) is 5.75 Å². The van der Waals surface area contributed by atoms with E-state index >= 15 is 0 Å². The molecule has 1 aromatic heterocycles. The Bertz CT molecular complexity index is 1300. The first-order valence-electron chi connectivity index (χ1n) is 13.0. The summed E-state index contributed by atoms with van der Waals surface area (Å²) in [5.41, 5.74) is 2.57. The average Bonchev–Trinajstić information content (AvgIpc) is 2.83. The van der Waals surface area contributed by atoms with E-state index in [2.05, 4.69) is 21.2 Å². The summed E-state index contributed by atoms with van der Waals surface area (Å²) in [7, 11) is 1.76. The number of hydrogen-bond donors (Lipinski definition) is 4. The number of aromatic nitrogens is 2. The van der Waals surface area contributed by atoms with Crippen molar-refractivity contribution in [2.75, 3.05) is 57.8 Å². The zero-order chi connectivity index (χ0) is 28.3. The van der Waals surface area contributed by atoms with Crippen molar-refractivity contribution in [2.24, 2.45) is 5.41 Å². The molecule has 0 unspecified atom stereocenters. The van der Waals surface area contributed by atoms with E-state index in [1.807, 2.05) is 6.92 Å². The highest BCUT2D eigenvalue weighted by molar-refractivity contribution is 6.33. The molecule has 0 aliphatic carbocycles.